The first-order valence-corrected chi connectivity index (χ1v) is 24.9. The molecule has 2 unspecified atom stereocenters. The van der Waals surface area contributed by atoms with E-state index >= 15 is 0 Å². The Labute approximate surface area is 424 Å². The summed E-state index contributed by atoms with van der Waals surface area (Å²) >= 11 is 3.18. The highest BCUT2D eigenvalue weighted by molar-refractivity contribution is 9.09. The molecule has 70 heavy (non-hydrogen) atoms. The molecule has 0 amide bonds. The van der Waals surface area contributed by atoms with Gasteiger partial charge in [-0.15, -0.1) is 12.4 Å². The minimum absolute atomic E-state index is 0. The van der Waals surface area contributed by atoms with Crippen molar-refractivity contribution in [2.75, 3.05) is 77.9 Å². The van der Waals surface area contributed by atoms with Gasteiger partial charge in [-0.05, 0) is 161 Å². The van der Waals surface area contributed by atoms with Gasteiger partial charge in [0.1, 0.15) is 6.61 Å². The van der Waals surface area contributed by atoms with Crippen LogP contribution in [-0.4, -0.2) is 92.8 Å². The second kappa shape index (κ2) is 27.7. The molecular formula is C54H62BrClF2N6O6. The molecule has 0 saturated carbocycles. The molecule has 12 nitrogen and oxygen atoms in total. The first kappa shape index (κ1) is 52.3. The van der Waals surface area contributed by atoms with Gasteiger partial charge in [-0.2, -0.15) is 0 Å². The van der Waals surface area contributed by atoms with E-state index in [4.69, 9.17) is 28.4 Å². The van der Waals surface area contributed by atoms with E-state index in [1.807, 2.05) is 54.9 Å². The fraction of sp³-hybridized carbons (Fsp3) is 0.370. The van der Waals surface area contributed by atoms with Gasteiger partial charge in [-0.3, -0.25) is 14.9 Å². The van der Waals surface area contributed by atoms with Gasteiger partial charge in [0.25, 0.3) is 0 Å². The van der Waals surface area contributed by atoms with Crippen molar-refractivity contribution in [3.8, 4) is 34.5 Å². The number of alkyl halides is 1. The number of nitrogens with zero attached hydrogens (tertiary/aromatic N) is 3. The fourth-order valence-electron chi connectivity index (χ4n) is 8.69. The molecule has 0 aliphatic carbocycles. The zero-order valence-electron chi connectivity index (χ0n) is 39.2. The Hall–Kier alpha value is -5.55. The van der Waals surface area contributed by atoms with Crippen molar-refractivity contribution < 1.29 is 37.2 Å². The molecule has 0 spiro atoms. The van der Waals surface area contributed by atoms with Crippen LogP contribution < -0.4 is 44.4 Å². The second-order valence-electron chi connectivity index (χ2n) is 17.1. The third-order valence-electron chi connectivity index (χ3n) is 12.5. The summed E-state index contributed by atoms with van der Waals surface area (Å²) in [5.41, 5.74) is 4.30. The van der Waals surface area contributed by atoms with Crippen LogP contribution in [0.2, 0.25) is 0 Å². The van der Waals surface area contributed by atoms with Crippen LogP contribution >= 0.6 is 28.3 Å². The minimum atomic E-state index is -0.312. The maximum absolute atomic E-state index is 13.7. The van der Waals surface area contributed by atoms with E-state index in [9.17, 15) is 8.78 Å². The molecule has 2 saturated heterocycles. The number of halogens is 4. The summed E-state index contributed by atoms with van der Waals surface area (Å²) < 4.78 is 59.2. The second-order valence-corrected chi connectivity index (χ2v) is 17.9. The van der Waals surface area contributed by atoms with Crippen LogP contribution in [0.3, 0.4) is 0 Å². The van der Waals surface area contributed by atoms with Crippen LogP contribution in [0.25, 0.3) is 0 Å². The summed E-state index contributed by atoms with van der Waals surface area (Å²) in [6.45, 7) is 8.54. The molecule has 372 valence electrons. The average molecular weight is 1040 g/mol. The zero-order chi connectivity index (χ0) is 47.5. The van der Waals surface area contributed by atoms with Gasteiger partial charge in [-0.1, -0.05) is 64.5 Å². The van der Waals surface area contributed by atoms with Gasteiger partial charge < -0.3 is 44.4 Å². The fourth-order valence-corrected chi connectivity index (χ4v) is 8.85. The molecule has 3 N–H and O–H groups in total. The van der Waals surface area contributed by atoms with Gasteiger partial charge >= 0.3 is 0 Å². The highest BCUT2D eigenvalue weighted by Crippen LogP contribution is 2.37. The normalized spacial score (nSPS) is 16.1. The van der Waals surface area contributed by atoms with Crippen LogP contribution in [0.5, 0.6) is 34.5 Å². The molecule has 4 aromatic carbocycles. The lowest BCUT2D eigenvalue weighted by atomic mass is 9.95. The van der Waals surface area contributed by atoms with Crippen molar-refractivity contribution in [2.45, 2.75) is 37.8 Å². The number of hydrogen-bond donors (Lipinski definition) is 3. The van der Waals surface area contributed by atoms with Crippen molar-refractivity contribution in [1.82, 2.24) is 30.8 Å². The topological polar surface area (TPSA) is 120 Å². The van der Waals surface area contributed by atoms with Crippen LogP contribution in [0.15, 0.2) is 134 Å². The molecule has 10 rings (SSSR count). The molecule has 6 aromatic rings. The summed E-state index contributed by atoms with van der Waals surface area (Å²) in [5.74, 6) is 4.52. The molecule has 0 radical (unpaired) electrons. The van der Waals surface area contributed by atoms with Crippen molar-refractivity contribution in [3.05, 3.63) is 168 Å². The number of ether oxygens (including phenoxy) is 6. The standard InChI is InChI=1S/C27H30FN3O3.C19H23N3O2.C8H8BrFO.ClH/c28-22-5-1-2-7-24(22)32-16-15-31-13-10-20(11-14-31)18-30-27(23-6-3-4-12-29-23)21-8-9-25-26(17-21)34-19-33-25;1-2-8-21-16(3-1)19(22-12-14-6-9-20-10-7-14)15-4-5-17-18(11-15)24-13-23-17;9-5-6-11-8-4-2-1-3-7(8)10;/h1-9,12,17,20,27,30H,10-11,13-16,18-19H2;1-5,8,11,14,19-20,22H,6-7,9-10,12-13H2;1-4H,5-6H2;1H. The number of nitrogens with one attached hydrogen (secondary N) is 3. The SMILES string of the molecule is Cl.Fc1ccccc1OCCBr.Fc1ccccc1OCCN1CCC(CNC(c2ccc3c(c2)OCO3)c2ccccn2)CC1.c1ccc(C(NCC2CCNCC2)c2ccc3c(c2)OCO3)nc1. The smallest absolute Gasteiger partial charge is 0.231 e. The first-order chi connectivity index (χ1) is 34.0. The Bertz CT molecular complexity index is 2470. The summed E-state index contributed by atoms with van der Waals surface area (Å²) in [4.78, 5) is 11.6. The van der Waals surface area contributed by atoms with Crippen molar-refractivity contribution in [1.29, 1.82) is 0 Å². The number of likely N-dealkylation sites (tertiary alicyclic amines) is 1. The van der Waals surface area contributed by atoms with E-state index in [-0.39, 0.29) is 42.9 Å². The third kappa shape index (κ3) is 15.2. The predicted octanol–water partition coefficient (Wildman–Crippen LogP) is 9.93. The van der Waals surface area contributed by atoms with E-state index in [1.165, 1.54) is 25.0 Å². The Morgan fingerprint density at radius 1 is 0.600 bits per heavy atom. The van der Waals surface area contributed by atoms with E-state index in [0.717, 1.165) is 104 Å². The van der Waals surface area contributed by atoms with Crippen molar-refractivity contribution >= 4 is 28.3 Å². The summed E-state index contributed by atoms with van der Waals surface area (Å²) in [6, 6.07) is 37.3. The van der Waals surface area contributed by atoms with E-state index in [2.05, 4.69) is 77.1 Å². The highest BCUT2D eigenvalue weighted by atomic mass is 79.9. The van der Waals surface area contributed by atoms with Gasteiger partial charge in [0, 0.05) is 24.3 Å². The molecule has 2 aromatic heterocycles. The van der Waals surface area contributed by atoms with E-state index in [0.29, 0.717) is 48.7 Å². The molecule has 4 aliphatic rings. The minimum Gasteiger partial charge on any atom is -0.490 e. The lowest BCUT2D eigenvalue weighted by molar-refractivity contribution is 0.151. The van der Waals surface area contributed by atoms with E-state index < -0.39 is 0 Å². The average Bonchev–Trinajstić information content (AvgIpc) is 4.09. The van der Waals surface area contributed by atoms with Crippen LogP contribution in [-0.2, 0) is 0 Å². The van der Waals surface area contributed by atoms with Gasteiger partial charge in [0.15, 0.2) is 46.1 Å². The molecule has 0 bridgehead atoms. The zero-order valence-corrected chi connectivity index (χ0v) is 41.6. The summed E-state index contributed by atoms with van der Waals surface area (Å²) in [7, 11) is 0. The Morgan fingerprint density at radius 3 is 1.56 bits per heavy atom. The maximum Gasteiger partial charge on any atom is 0.231 e. The number of fused-ring (bicyclic) bond motifs is 2. The molecule has 4 aliphatic heterocycles. The van der Waals surface area contributed by atoms with E-state index in [1.54, 1.807) is 36.4 Å². The van der Waals surface area contributed by atoms with Crippen molar-refractivity contribution in [3.63, 3.8) is 0 Å². The maximum atomic E-state index is 13.7. The van der Waals surface area contributed by atoms with Crippen LogP contribution in [0, 0.1) is 23.5 Å². The Kier molecular flexibility index (Phi) is 20.7. The predicted molar refractivity (Wildman–Crippen MR) is 273 cm³/mol. The van der Waals surface area contributed by atoms with Crippen LogP contribution in [0.1, 0.15) is 60.3 Å². The highest BCUT2D eigenvalue weighted by Gasteiger charge is 2.25. The molecule has 2 fully saturated rings. The largest absolute Gasteiger partial charge is 0.490 e. The Morgan fingerprint density at radius 2 is 1.07 bits per heavy atom. The third-order valence-corrected chi connectivity index (χ3v) is 12.8. The quantitative estimate of drug-likeness (QED) is 0.0755. The summed E-state index contributed by atoms with van der Waals surface area (Å²) in [5, 5.41) is 11.6. The molecule has 2 atom stereocenters. The first-order valence-electron chi connectivity index (χ1n) is 23.8. The Balaban J connectivity index is 0.000000174. The number of rotatable bonds is 17. The van der Waals surface area contributed by atoms with Gasteiger partial charge in [-0.25, -0.2) is 8.78 Å². The number of aromatic nitrogens is 2. The van der Waals surface area contributed by atoms with Crippen LogP contribution in [0.4, 0.5) is 8.78 Å². The number of hydrogen-bond acceptors (Lipinski definition) is 12. The number of para-hydroxylation sites is 2. The number of benzene rings is 4. The van der Waals surface area contributed by atoms with Crippen molar-refractivity contribution in [2.24, 2.45) is 11.8 Å². The molecule has 6 heterocycles. The van der Waals surface area contributed by atoms with Gasteiger partial charge in [0.2, 0.25) is 13.6 Å². The molecule has 16 heteroatoms. The number of pyridine rings is 2. The summed E-state index contributed by atoms with van der Waals surface area (Å²) in [6.07, 6.45) is 8.36. The molecular weight excluding hydrogens is 982 g/mol. The monoisotopic (exact) mass is 1040 g/mol. The lowest BCUT2D eigenvalue weighted by Gasteiger charge is -2.33. The lowest BCUT2D eigenvalue weighted by Crippen LogP contribution is -2.40. The number of piperidine rings is 2. The van der Waals surface area contributed by atoms with Gasteiger partial charge in [0.05, 0.1) is 30.1 Å².